The van der Waals surface area contributed by atoms with Gasteiger partial charge >= 0.3 is 0 Å². The number of aliphatic hydroxyl groups is 1. The summed E-state index contributed by atoms with van der Waals surface area (Å²) in [5.74, 6) is 0.129. The fraction of sp³-hybridized carbons (Fsp3) is 0.909. The quantitative estimate of drug-likeness (QED) is 0.722. The lowest BCUT2D eigenvalue weighted by Crippen LogP contribution is -2.33. The molecule has 1 heterocycles. The molecule has 2 unspecified atom stereocenters. The molecule has 80 valence electrons. The third-order valence-corrected chi connectivity index (χ3v) is 2.92. The van der Waals surface area contributed by atoms with Crippen molar-refractivity contribution in [2.24, 2.45) is 5.92 Å². The van der Waals surface area contributed by atoms with Gasteiger partial charge in [0.25, 0.3) is 0 Å². The number of hydrogen-bond acceptors (Lipinski definition) is 3. The Labute approximate surface area is 86.3 Å². The van der Waals surface area contributed by atoms with E-state index in [1.165, 1.54) is 12.8 Å². The average molecular weight is 196 g/mol. The molecule has 0 aromatic carbocycles. The van der Waals surface area contributed by atoms with Gasteiger partial charge in [0.15, 0.2) is 0 Å². The summed E-state index contributed by atoms with van der Waals surface area (Å²) in [6, 6.07) is 2.89. The maximum atomic E-state index is 8.77. The van der Waals surface area contributed by atoms with Crippen LogP contribution >= 0.6 is 0 Å². The Morgan fingerprint density at radius 1 is 1.64 bits per heavy atom. The minimum Gasteiger partial charge on any atom is -0.396 e. The Kier molecular flexibility index (Phi) is 4.92. The molecule has 3 heteroatoms. The van der Waals surface area contributed by atoms with Crippen molar-refractivity contribution >= 4 is 0 Å². The lowest BCUT2D eigenvalue weighted by atomic mass is 10.1. The zero-order valence-electron chi connectivity index (χ0n) is 8.95. The van der Waals surface area contributed by atoms with Crippen molar-refractivity contribution < 1.29 is 5.11 Å². The number of likely N-dealkylation sites (tertiary alicyclic amines) is 1. The maximum Gasteiger partial charge on any atom is 0.0666 e. The SMILES string of the molecule is CC(C#N)CN1CCCC1CCCO. The van der Waals surface area contributed by atoms with Gasteiger partial charge in [-0.1, -0.05) is 0 Å². The van der Waals surface area contributed by atoms with E-state index < -0.39 is 0 Å². The molecular weight excluding hydrogens is 176 g/mol. The largest absolute Gasteiger partial charge is 0.396 e. The molecule has 3 nitrogen and oxygen atoms in total. The van der Waals surface area contributed by atoms with Crippen LogP contribution in [-0.4, -0.2) is 35.7 Å². The van der Waals surface area contributed by atoms with E-state index in [0.29, 0.717) is 6.04 Å². The van der Waals surface area contributed by atoms with E-state index in [-0.39, 0.29) is 12.5 Å². The number of nitriles is 1. The van der Waals surface area contributed by atoms with E-state index in [4.69, 9.17) is 10.4 Å². The third kappa shape index (κ3) is 3.28. The van der Waals surface area contributed by atoms with Crippen LogP contribution in [0.1, 0.15) is 32.6 Å². The minimum atomic E-state index is 0.129. The second-order valence-electron chi connectivity index (χ2n) is 4.19. The first kappa shape index (κ1) is 11.5. The summed E-state index contributed by atoms with van der Waals surface area (Å²) in [4.78, 5) is 2.41. The first-order valence-electron chi connectivity index (χ1n) is 5.52. The van der Waals surface area contributed by atoms with Crippen molar-refractivity contribution in [2.45, 2.75) is 38.6 Å². The minimum absolute atomic E-state index is 0.129. The molecule has 0 aliphatic carbocycles. The van der Waals surface area contributed by atoms with Gasteiger partial charge < -0.3 is 5.11 Å². The number of hydrogen-bond donors (Lipinski definition) is 1. The topological polar surface area (TPSA) is 47.3 Å². The highest BCUT2D eigenvalue weighted by atomic mass is 16.2. The smallest absolute Gasteiger partial charge is 0.0666 e. The van der Waals surface area contributed by atoms with E-state index in [1.807, 2.05) is 6.92 Å². The van der Waals surface area contributed by atoms with Crippen LogP contribution in [-0.2, 0) is 0 Å². The Balaban J connectivity index is 2.32. The van der Waals surface area contributed by atoms with E-state index in [1.54, 1.807) is 0 Å². The first-order valence-corrected chi connectivity index (χ1v) is 5.52. The van der Waals surface area contributed by atoms with Crippen LogP contribution in [0.3, 0.4) is 0 Å². The molecule has 0 saturated carbocycles. The Morgan fingerprint density at radius 2 is 2.43 bits per heavy atom. The first-order chi connectivity index (χ1) is 6.77. The number of aliphatic hydroxyl groups excluding tert-OH is 1. The number of nitrogens with zero attached hydrogens (tertiary/aromatic N) is 2. The lowest BCUT2D eigenvalue weighted by Gasteiger charge is -2.25. The molecule has 0 spiro atoms. The van der Waals surface area contributed by atoms with Crippen molar-refractivity contribution in [1.29, 1.82) is 5.26 Å². The summed E-state index contributed by atoms with van der Waals surface area (Å²) in [6.45, 7) is 4.29. The van der Waals surface area contributed by atoms with Crippen LogP contribution in [0.4, 0.5) is 0 Å². The predicted octanol–water partition coefficient (Wildman–Crippen LogP) is 1.38. The van der Waals surface area contributed by atoms with Gasteiger partial charge in [0, 0.05) is 19.2 Å². The summed E-state index contributed by atoms with van der Waals surface area (Å²) >= 11 is 0. The lowest BCUT2D eigenvalue weighted by molar-refractivity contribution is 0.206. The van der Waals surface area contributed by atoms with Crippen molar-refractivity contribution in [3.05, 3.63) is 0 Å². The van der Waals surface area contributed by atoms with Crippen LogP contribution in [0.25, 0.3) is 0 Å². The molecular formula is C11H20N2O. The Morgan fingerprint density at radius 3 is 3.07 bits per heavy atom. The van der Waals surface area contributed by atoms with Gasteiger partial charge in [-0.2, -0.15) is 5.26 Å². The molecule has 0 amide bonds. The molecule has 2 atom stereocenters. The van der Waals surface area contributed by atoms with Crippen LogP contribution in [0.2, 0.25) is 0 Å². The summed E-state index contributed by atoms with van der Waals surface area (Å²) in [7, 11) is 0. The zero-order chi connectivity index (χ0) is 10.4. The van der Waals surface area contributed by atoms with Gasteiger partial charge in [0.1, 0.15) is 0 Å². The molecule has 0 aromatic heterocycles. The molecule has 1 aliphatic heterocycles. The van der Waals surface area contributed by atoms with Gasteiger partial charge in [-0.3, -0.25) is 4.90 Å². The Hall–Kier alpha value is -0.590. The molecule has 1 N–H and O–H groups in total. The van der Waals surface area contributed by atoms with Crippen molar-refractivity contribution in [3.63, 3.8) is 0 Å². The highest BCUT2D eigenvalue weighted by Crippen LogP contribution is 2.22. The molecule has 1 rings (SSSR count). The van der Waals surface area contributed by atoms with E-state index >= 15 is 0 Å². The van der Waals surface area contributed by atoms with E-state index in [0.717, 1.165) is 25.9 Å². The molecule has 0 radical (unpaired) electrons. The van der Waals surface area contributed by atoms with Crippen LogP contribution in [0, 0.1) is 17.2 Å². The molecule has 1 aliphatic rings. The van der Waals surface area contributed by atoms with Crippen LogP contribution < -0.4 is 0 Å². The van der Waals surface area contributed by atoms with Crippen molar-refractivity contribution in [3.8, 4) is 6.07 Å². The van der Waals surface area contributed by atoms with E-state index in [9.17, 15) is 0 Å². The predicted molar refractivity (Wildman–Crippen MR) is 55.7 cm³/mol. The normalized spacial score (nSPS) is 24.8. The molecule has 14 heavy (non-hydrogen) atoms. The summed E-state index contributed by atoms with van der Waals surface area (Å²) in [5, 5.41) is 17.5. The maximum absolute atomic E-state index is 8.77. The van der Waals surface area contributed by atoms with Gasteiger partial charge in [-0.15, -0.1) is 0 Å². The molecule has 0 aromatic rings. The van der Waals surface area contributed by atoms with Crippen molar-refractivity contribution in [1.82, 2.24) is 4.90 Å². The zero-order valence-corrected chi connectivity index (χ0v) is 8.95. The fourth-order valence-corrected chi connectivity index (χ4v) is 2.18. The molecule has 0 bridgehead atoms. The monoisotopic (exact) mass is 196 g/mol. The van der Waals surface area contributed by atoms with E-state index in [2.05, 4.69) is 11.0 Å². The van der Waals surface area contributed by atoms with Gasteiger partial charge in [0.05, 0.1) is 12.0 Å². The summed E-state index contributed by atoms with van der Waals surface area (Å²) < 4.78 is 0. The van der Waals surface area contributed by atoms with Gasteiger partial charge in [-0.25, -0.2) is 0 Å². The van der Waals surface area contributed by atoms with Crippen molar-refractivity contribution in [2.75, 3.05) is 19.7 Å². The summed E-state index contributed by atoms with van der Waals surface area (Å²) in [6.07, 6.45) is 4.45. The Bertz CT molecular complexity index is 200. The average Bonchev–Trinajstić information content (AvgIpc) is 2.62. The van der Waals surface area contributed by atoms with Crippen LogP contribution in [0.15, 0.2) is 0 Å². The standard InChI is InChI=1S/C11H20N2O/c1-10(8-12)9-13-6-2-4-11(13)5-3-7-14/h10-11,14H,2-7,9H2,1H3. The molecule has 1 fully saturated rings. The highest BCUT2D eigenvalue weighted by Gasteiger charge is 2.24. The second kappa shape index (κ2) is 6.00. The van der Waals surface area contributed by atoms with Gasteiger partial charge in [0.2, 0.25) is 0 Å². The van der Waals surface area contributed by atoms with Crippen LogP contribution in [0.5, 0.6) is 0 Å². The summed E-state index contributed by atoms with van der Waals surface area (Å²) in [5.41, 5.74) is 0. The molecule has 1 saturated heterocycles. The number of rotatable bonds is 5. The van der Waals surface area contributed by atoms with Gasteiger partial charge in [-0.05, 0) is 39.2 Å². The highest BCUT2D eigenvalue weighted by molar-refractivity contribution is 4.86. The second-order valence-corrected chi connectivity index (χ2v) is 4.19. The third-order valence-electron chi connectivity index (χ3n) is 2.92. The fourth-order valence-electron chi connectivity index (χ4n) is 2.18.